The molecule has 0 aliphatic heterocycles. The van der Waals surface area contributed by atoms with Crippen LogP contribution in [-0.4, -0.2) is 23.4 Å². The Bertz CT molecular complexity index is 1260. The molecule has 0 saturated heterocycles. The molecule has 0 atom stereocenters. The average molecular weight is 433 g/mol. The van der Waals surface area contributed by atoms with Gasteiger partial charge in [-0.25, -0.2) is 23.4 Å². The first-order chi connectivity index (χ1) is 15.0. The number of nitrogens with one attached hydrogen (secondary N) is 3. The molecule has 0 bridgehead atoms. The van der Waals surface area contributed by atoms with Crippen molar-refractivity contribution >= 4 is 38.9 Å². The van der Waals surface area contributed by atoms with Crippen LogP contribution in [0.1, 0.15) is 5.82 Å². The summed E-state index contributed by atoms with van der Waals surface area (Å²) in [5, 5.41) is 6.35. The Kier molecular flexibility index (Phi) is 5.76. The highest BCUT2D eigenvalue weighted by atomic mass is 32.2. The maximum atomic E-state index is 12.4. The molecule has 31 heavy (non-hydrogen) atoms. The van der Waals surface area contributed by atoms with Crippen LogP contribution in [0.4, 0.5) is 28.8 Å². The predicted octanol–water partition coefficient (Wildman–Crippen LogP) is 4.47. The van der Waals surface area contributed by atoms with Gasteiger partial charge in [0.25, 0.3) is 10.0 Å². The van der Waals surface area contributed by atoms with Crippen molar-refractivity contribution in [1.29, 1.82) is 0 Å². The fourth-order valence-electron chi connectivity index (χ4n) is 2.85. The van der Waals surface area contributed by atoms with Crippen molar-refractivity contribution in [2.45, 2.75) is 11.8 Å². The topological polar surface area (TPSA) is 109 Å². The molecule has 4 rings (SSSR count). The first kappa shape index (κ1) is 20.3. The van der Waals surface area contributed by atoms with Crippen LogP contribution in [0, 0.1) is 6.92 Å². The molecule has 0 aliphatic rings. The Hall–Kier alpha value is -3.98. The molecule has 0 amide bonds. The van der Waals surface area contributed by atoms with Crippen LogP contribution in [0.5, 0.6) is 0 Å². The van der Waals surface area contributed by atoms with E-state index in [1.54, 1.807) is 73.8 Å². The van der Waals surface area contributed by atoms with E-state index in [0.29, 0.717) is 29.0 Å². The number of anilines is 5. The molecule has 0 fully saturated rings. The summed E-state index contributed by atoms with van der Waals surface area (Å²) in [4.78, 5) is 13.2. The van der Waals surface area contributed by atoms with E-state index >= 15 is 0 Å². The molecule has 2 aromatic heterocycles. The van der Waals surface area contributed by atoms with Crippen molar-refractivity contribution < 1.29 is 8.42 Å². The van der Waals surface area contributed by atoms with E-state index in [2.05, 4.69) is 30.3 Å². The summed E-state index contributed by atoms with van der Waals surface area (Å²) < 4.78 is 27.5. The number of hydrogen-bond acceptors (Lipinski definition) is 7. The second-order valence-corrected chi connectivity index (χ2v) is 8.33. The predicted molar refractivity (Wildman–Crippen MR) is 121 cm³/mol. The standard InChI is InChI=1S/C22H20N6O2S/c1-16-24-21(15-22(25-16)27-20-9-5-6-14-23-20)26-17-10-12-18(13-11-17)28-31(29,30)19-7-3-2-4-8-19/h2-15,28H,1H3,(H2,23,24,25,26,27). The second kappa shape index (κ2) is 8.80. The fraction of sp³-hybridized carbons (Fsp3) is 0.0455. The monoisotopic (exact) mass is 432 g/mol. The van der Waals surface area contributed by atoms with E-state index in [-0.39, 0.29) is 4.90 Å². The third-order valence-electron chi connectivity index (χ3n) is 4.22. The summed E-state index contributed by atoms with van der Waals surface area (Å²) in [6.45, 7) is 1.80. The van der Waals surface area contributed by atoms with Crippen LogP contribution < -0.4 is 15.4 Å². The van der Waals surface area contributed by atoms with Crippen LogP contribution in [0.3, 0.4) is 0 Å². The van der Waals surface area contributed by atoms with Gasteiger partial charge in [0.2, 0.25) is 0 Å². The third-order valence-corrected chi connectivity index (χ3v) is 5.62. The molecule has 0 saturated carbocycles. The Labute approximate surface area is 180 Å². The molecule has 2 heterocycles. The lowest BCUT2D eigenvalue weighted by Gasteiger charge is -2.11. The summed E-state index contributed by atoms with van der Waals surface area (Å²) in [6.07, 6.45) is 1.70. The first-order valence-corrected chi connectivity index (χ1v) is 10.9. The molecule has 156 valence electrons. The van der Waals surface area contributed by atoms with Crippen molar-refractivity contribution in [3.8, 4) is 0 Å². The maximum Gasteiger partial charge on any atom is 0.261 e. The lowest BCUT2D eigenvalue weighted by atomic mass is 10.3. The smallest absolute Gasteiger partial charge is 0.261 e. The van der Waals surface area contributed by atoms with Crippen LogP contribution in [0.15, 0.2) is 90.0 Å². The first-order valence-electron chi connectivity index (χ1n) is 9.47. The largest absolute Gasteiger partial charge is 0.340 e. The molecule has 0 spiro atoms. The minimum Gasteiger partial charge on any atom is -0.340 e. The third kappa shape index (κ3) is 5.34. The number of hydrogen-bond donors (Lipinski definition) is 3. The van der Waals surface area contributed by atoms with Crippen LogP contribution >= 0.6 is 0 Å². The number of sulfonamides is 1. The lowest BCUT2D eigenvalue weighted by Crippen LogP contribution is -2.12. The summed E-state index contributed by atoms with van der Waals surface area (Å²) in [5.74, 6) is 2.49. The number of aromatic nitrogens is 3. The zero-order valence-electron chi connectivity index (χ0n) is 16.6. The minimum absolute atomic E-state index is 0.210. The average Bonchev–Trinajstić information content (AvgIpc) is 2.76. The van der Waals surface area contributed by atoms with E-state index in [9.17, 15) is 8.42 Å². The van der Waals surface area contributed by atoms with Gasteiger partial charge in [0.05, 0.1) is 4.90 Å². The Morgan fingerprint density at radius 3 is 2.03 bits per heavy atom. The number of aryl methyl sites for hydroxylation is 1. The molecular weight excluding hydrogens is 412 g/mol. The molecule has 8 nitrogen and oxygen atoms in total. The van der Waals surface area contributed by atoms with E-state index < -0.39 is 10.0 Å². The van der Waals surface area contributed by atoms with Gasteiger partial charge >= 0.3 is 0 Å². The highest BCUT2D eigenvalue weighted by Gasteiger charge is 2.13. The highest BCUT2D eigenvalue weighted by molar-refractivity contribution is 7.92. The molecule has 0 radical (unpaired) electrons. The molecular formula is C22H20N6O2S. The van der Waals surface area contributed by atoms with Crippen LogP contribution in [0.2, 0.25) is 0 Å². The van der Waals surface area contributed by atoms with E-state index in [4.69, 9.17) is 0 Å². The fourth-order valence-corrected chi connectivity index (χ4v) is 3.93. The number of rotatable bonds is 7. The zero-order chi connectivity index (χ0) is 21.7. The Morgan fingerprint density at radius 2 is 1.35 bits per heavy atom. The normalized spacial score (nSPS) is 11.0. The van der Waals surface area contributed by atoms with Crippen molar-refractivity contribution in [1.82, 2.24) is 15.0 Å². The summed E-state index contributed by atoms with van der Waals surface area (Å²) in [5.41, 5.74) is 1.22. The molecule has 0 unspecified atom stereocenters. The summed E-state index contributed by atoms with van der Waals surface area (Å²) in [6, 6.07) is 22.5. The van der Waals surface area contributed by atoms with Gasteiger partial charge in [-0.1, -0.05) is 24.3 Å². The number of nitrogens with zero attached hydrogens (tertiary/aromatic N) is 3. The molecule has 0 aliphatic carbocycles. The molecule has 9 heteroatoms. The lowest BCUT2D eigenvalue weighted by molar-refractivity contribution is 0.601. The van der Waals surface area contributed by atoms with Crippen LogP contribution in [-0.2, 0) is 10.0 Å². The quantitative estimate of drug-likeness (QED) is 0.395. The van der Waals surface area contributed by atoms with Crippen molar-refractivity contribution in [3.63, 3.8) is 0 Å². The van der Waals surface area contributed by atoms with E-state index in [1.807, 2.05) is 18.2 Å². The van der Waals surface area contributed by atoms with Crippen molar-refractivity contribution in [2.24, 2.45) is 0 Å². The molecule has 3 N–H and O–H groups in total. The van der Waals surface area contributed by atoms with Gasteiger partial charge in [-0.15, -0.1) is 0 Å². The minimum atomic E-state index is -3.63. The zero-order valence-corrected chi connectivity index (χ0v) is 17.5. The summed E-state index contributed by atoms with van der Waals surface area (Å²) >= 11 is 0. The van der Waals surface area contributed by atoms with Gasteiger partial charge in [-0.05, 0) is 55.5 Å². The van der Waals surface area contributed by atoms with Gasteiger partial charge in [0.15, 0.2) is 0 Å². The number of pyridine rings is 1. The second-order valence-electron chi connectivity index (χ2n) is 6.65. The van der Waals surface area contributed by atoms with Crippen LogP contribution in [0.25, 0.3) is 0 Å². The summed E-state index contributed by atoms with van der Waals surface area (Å²) in [7, 11) is -3.63. The maximum absolute atomic E-state index is 12.4. The molecule has 4 aromatic rings. The van der Waals surface area contributed by atoms with E-state index in [1.165, 1.54) is 0 Å². The number of benzene rings is 2. The van der Waals surface area contributed by atoms with Gasteiger partial charge < -0.3 is 10.6 Å². The van der Waals surface area contributed by atoms with E-state index in [0.717, 1.165) is 5.69 Å². The Morgan fingerprint density at radius 1 is 0.710 bits per heavy atom. The van der Waals surface area contributed by atoms with Gasteiger partial charge in [-0.2, -0.15) is 0 Å². The molecule has 2 aromatic carbocycles. The van der Waals surface area contributed by atoms with Crippen molar-refractivity contribution in [3.05, 3.63) is 90.9 Å². The van der Waals surface area contributed by atoms with Gasteiger partial charge in [-0.3, -0.25) is 4.72 Å². The van der Waals surface area contributed by atoms with Gasteiger partial charge in [0, 0.05) is 23.6 Å². The Balaban J connectivity index is 1.47. The van der Waals surface area contributed by atoms with Gasteiger partial charge in [0.1, 0.15) is 23.3 Å². The highest BCUT2D eigenvalue weighted by Crippen LogP contribution is 2.22. The SMILES string of the molecule is Cc1nc(Nc2ccc(NS(=O)(=O)c3ccccc3)cc2)cc(Nc2ccccn2)n1. The van der Waals surface area contributed by atoms with Crippen molar-refractivity contribution in [2.75, 3.05) is 15.4 Å².